The van der Waals surface area contributed by atoms with Crippen molar-refractivity contribution in [3.8, 4) is 5.75 Å². The Bertz CT molecular complexity index is 916. The Labute approximate surface area is 164 Å². The molecule has 2 aliphatic carbocycles. The van der Waals surface area contributed by atoms with E-state index < -0.39 is 0 Å². The van der Waals surface area contributed by atoms with Gasteiger partial charge in [0.1, 0.15) is 18.2 Å². The lowest BCUT2D eigenvalue weighted by Crippen LogP contribution is -2.02. The zero-order valence-corrected chi connectivity index (χ0v) is 16.1. The Hall–Kier alpha value is -2.27. The average Bonchev–Trinajstić information content (AvgIpc) is 3.65. The topological polar surface area (TPSA) is 39.9 Å². The van der Waals surface area contributed by atoms with E-state index in [1.165, 1.54) is 42.6 Å². The monoisotopic (exact) mass is 377 g/mol. The van der Waals surface area contributed by atoms with Gasteiger partial charge in [-0.15, -0.1) is 10.2 Å². The van der Waals surface area contributed by atoms with Crippen LogP contribution < -0.4 is 4.74 Å². The van der Waals surface area contributed by atoms with Crippen molar-refractivity contribution in [3.63, 3.8) is 0 Å². The zero-order valence-electron chi connectivity index (χ0n) is 15.3. The summed E-state index contributed by atoms with van der Waals surface area (Å²) >= 11 is 1.79. The molecule has 0 bridgehead atoms. The van der Waals surface area contributed by atoms with E-state index in [0.717, 1.165) is 16.7 Å². The van der Waals surface area contributed by atoms with Gasteiger partial charge in [0, 0.05) is 17.7 Å². The molecule has 0 amide bonds. The molecule has 4 nitrogen and oxygen atoms in total. The van der Waals surface area contributed by atoms with Gasteiger partial charge in [0.15, 0.2) is 5.16 Å². The normalized spacial score (nSPS) is 16.4. The standard InChI is InChI=1S/C22H23N3OS/c1-2-5-16(6-3-1)14-26-20-8-4-7-17(13-20)15-27-22-24-23-21(18-9-10-18)25(22)19-11-12-19/h1-8,13,18-19H,9-12,14-15H2. The summed E-state index contributed by atoms with van der Waals surface area (Å²) in [5.41, 5.74) is 2.44. The molecule has 1 heterocycles. The number of benzene rings is 2. The third-order valence-corrected chi connectivity index (χ3v) is 6.07. The maximum Gasteiger partial charge on any atom is 0.191 e. The SMILES string of the molecule is c1ccc(COc2cccc(CSc3nnc(C4CC4)n3C3CC3)c2)cc1. The molecule has 2 fully saturated rings. The number of nitrogens with zero attached hydrogens (tertiary/aromatic N) is 3. The van der Waals surface area contributed by atoms with Crippen LogP contribution in [0.2, 0.25) is 0 Å². The summed E-state index contributed by atoms with van der Waals surface area (Å²) in [6, 6.07) is 19.3. The highest BCUT2D eigenvalue weighted by molar-refractivity contribution is 7.98. The van der Waals surface area contributed by atoms with Crippen LogP contribution >= 0.6 is 11.8 Å². The third kappa shape index (κ3) is 4.03. The van der Waals surface area contributed by atoms with Crippen molar-refractivity contribution in [1.29, 1.82) is 0 Å². The highest BCUT2D eigenvalue weighted by atomic mass is 32.2. The van der Waals surface area contributed by atoms with Gasteiger partial charge >= 0.3 is 0 Å². The van der Waals surface area contributed by atoms with Crippen molar-refractivity contribution in [2.45, 2.75) is 55.2 Å². The molecule has 2 aliphatic rings. The second-order valence-electron chi connectivity index (χ2n) is 7.43. The first-order valence-electron chi connectivity index (χ1n) is 9.70. The summed E-state index contributed by atoms with van der Waals surface area (Å²) in [5, 5.41) is 10.1. The largest absolute Gasteiger partial charge is 0.489 e. The van der Waals surface area contributed by atoms with Crippen LogP contribution in [-0.2, 0) is 12.4 Å². The highest BCUT2D eigenvalue weighted by Crippen LogP contribution is 2.46. The summed E-state index contributed by atoms with van der Waals surface area (Å²) in [4.78, 5) is 0. The van der Waals surface area contributed by atoms with Crippen molar-refractivity contribution in [2.75, 3.05) is 0 Å². The van der Waals surface area contributed by atoms with Crippen molar-refractivity contribution < 1.29 is 4.74 Å². The minimum Gasteiger partial charge on any atom is -0.489 e. The van der Waals surface area contributed by atoms with Crippen LogP contribution in [0.5, 0.6) is 5.75 Å². The number of thioether (sulfide) groups is 1. The molecule has 3 aromatic rings. The van der Waals surface area contributed by atoms with Crippen molar-refractivity contribution in [3.05, 3.63) is 71.5 Å². The van der Waals surface area contributed by atoms with E-state index >= 15 is 0 Å². The van der Waals surface area contributed by atoms with Gasteiger partial charge in [0.25, 0.3) is 0 Å². The molecule has 138 valence electrons. The Kier molecular flexibility index (Phi) is 4.62. The zero-order chi connectivity index (χ0) is 18.1. The Morgan fingerprint density at radius 2 is 1.74 bits per heavy atom. The molecule has 27 heavy (non-hydrogen) atoms. The lowest BCUT2D eigenvalue weighted by atomic mass is 10.2. The first-order valence-corrected chi connectivity index (χ1v) is 10.7. The van der Waals surface area contributed by atoms with Crippen LogP contribution in [0.4, 0.5) is 0 Å². The molecule has 0 unspecified atom stereocenters. The van der Waals surface area contributed by atoms with E-state index in [4.69, 9.17) is 4.74 Å². The van der Waals surface area contributed by atoms with E-state index in [-0.39, 0.29) is 0 Å². The highest BCUT2D eigenvalue weighted by Gasteiger charge is 2.36. The van der Waals surface area contributed by atoms with E-state index in [2.05, 4.69) is 45.1 Å². The number of rotatable bonds is 8. The van der Waals surface area contributed by atoms with Crippen LogP contribution in [0.15, 0.2) is 59.8 Å². The molecule has 1 aromatic heterocycles. The lowest BCUT2D eigenvalue weighted by molar-refractivity contribution is 0.306. The van der Waals surface area contributed by atoms with E-state index in [1.54, 1.807) is 11.8 Å². The quantitative estimate of drug-likeness (QED) is 0.495. The molecule has 0 atom stereocenters. The van der Waals surface area contributed by atoms with Crippen LogP contribution in [-0.4, -0.2) is 14.8 Å². The molecule has 5 heteroatoms. The van der Waals surface area contributed by atoms with Crippen LogP contribution in [0.25, 0.3) is 0 Å². The van der Waals surface area contributed by atoms with Crippen LogP contribution in [0.1, 0.15) is 54.6 Å². The number of hydrogen-bond acceptors (Lipinski definition) is 4. The molecule has 2 saturated carbocycles. The minimum atomic E-state index is 0.595. The molecule has 0 spiro atoms. The molecule has 0 N–H and O–H groups in total. The lowest BCUT2D eigenvalue weighted by Gasteiger charge is -2.10. The van der Waals surface area contributed by atoms with Gasteiger partial charge < -0.3 is 9.30 Å². The summed E-state index contributed by atoms with van der Waals surface area (Å²) in [6.07, 6.45) is 5.09. The van der Waals surface area contributed by atoms with Crippen LogP contribution in [0.3, 0.4) is 0 Å². The Balaban J connectivity index is 1.24. The first-order chi connectivity index (χ1) is 13.4. The van der Waals surface area contributed by atoms with E-state index in [1.807, 2.05) is 24.3 Å². The fourth-order valence-corrected chi connectivity index (χ4v) is 4.25. The molecule has 0 saturated heterocycles. The predicted molar refractivity (Wildman–Crippen MR) is 107 cm³/mol. The van der Waals surface area contributed by atoms with Gasteiger partial charge in [0.05, 0.1) is 0 Å². The second-order valence-corrected chi connectivity index (χ2v) is 8.37. The fourth-order valence-electron chi connectivity index (χ4n) is 3.30. The van der Waals surface area contributed by atoms with Crippen LogP contribution in [0, 0.1) is 0 Å². The second kappa shape index (κ2) is 7.39. The first kappa shape index (κ1) is 16.9. The Morgan fingerprint density at radius 3 is 2.52 bits per heavy atom. The fraction of sp³-hybridized carbons (Fsp3) is 0.364. The summed E-state index contributed by atoms with van der Waals surface area (Å²) in [5.74, 6) is 3.68. The molecular weight excluding hydrogens is 354 g/mol. The van der Waals surface area contributed by atoms with Gasteiger partial charge in [0.2, 0.25) is 0 Å². The summed E-state index contributed by atoms with van der Waals surface area (Å²) < 4.78 is 8.37. The van der Waals surface area contributed by atoms with Gasteiger partial charge in [-0.05, 0) is 48.9 Å². The van der Waals surface area contributed by atoms with Gasteiger partial charge in [-0.2, -0.15) is 0 Å². The van der Waals surface area contributed by atoms with E-state index in [9.17, 15) is 0 Å². The molecule has 2 aromatic carbocycles. The maximum absolute atomic E-state index is 5.96. The molecule has 0 aliphatic heterocycles. The molecular formula is C22H23N3OS. The predicted octanol–water partition coefficient (Wildman–Crippen LogP) is 5.36. The summed E-state index contributed by atoms with van der Waals surface area (Å²) in [7, 11) is 0. The molecule has 5 rings (SSSR count). The van der Waals surface area contributed by atoms with Gasteiger partial charge in [-0.3, -0.25) is 0 Å². The minimum absolute atomic E-state index is 0.595. The average molecular weight is 378 g/mol. The number of ether oxygens (including phenoxy) is 1. The van der Waals surface area contributed by atoms with Crippen molar-refractivity contribution in [1.82, 2.24) is 14.8 Å². The number of aromatic nitrogens is 3. The third-order valence-electron chi connectivity index (χ3n) is 5.06. The van der Waals surface area contributed by atoms with Crippen molar-refractivity contribution >= 4 is 11.8 Å². The van der Waals surface area contributed by atoms with Crippen molar-refractivity contribution in [2.24, 2.45) is 0 Å². The maximum atomic E-state index is 5.96. The molecule has 0 radical (unpaired) electrons. The van der Waals surface area contributed by atoms with E-state index in [0.29, 0.717) is 18.6 Å². The summed E-state index contributed by atoms with van der Waals surface area (Å²) in [6.45, 7) is 0.595. The van der Waals surface area contributed by atoms with Gasteiger partial charge in [-0.1, -0.05) is 54.2 Å². The number of hydrogen-bond donors (Lipinski definition) is 0. The Morgan fingerprint density at radius 1 is 0.926 bits per heavy atom. The van der Waals surface area contributed by atoms with Gasteiger partial charge in [-0.25, -0.2) is 0 Å². The smallest absolute Gasteiger partial charge is 0.191 e.